The van der Waals surface area contributed by atoms with E-state index in [0.29, 0.717) is 5.69 Å². The highest BCUT2D eigenvalue weighted by molar-refractivity contribution is 5.13. The first-order chi connectivity index (χ1) is 8.40. The summed E-state index contributed by atoms with van der Waals surface area (Å²) in [6.45, 7) is 2.88. The molecule has 0 aliphatic rings. The van der Waals surface area contributed by atoms with E-state index in [4.69, 9.17) is 0 Å². The first-order valence-corrected chi connectivity index (χ1v) is 5.80. The molecule has 0 aromatic carbocycles. The average molecular weight is 261 g/mol. The highest BCUT2D eigenvalue weighted by atomic mass is 19.4. The molecule has 1 rings (SSSR count). The van der Waals surface area contributed by atoms with E-state index in [-0.39, 0.29) is 6.54 Å². The molecular formula is C12H18F3N3. The number of pyridine rings is 1. The molecule has 0 saturated heterocycles. The number of nitrogens with zero attached hydrogens (tertiary/aromatic N) is 2. The zero-order valence-electron chi connectivity index (χ0n) is 10.6. The van der Waals surface area contributed by atoms with Crippen molar-refractivity contribution in [2.24, 2.45) is 0 Å². The SMILES string of the molecule is CCNCc1ccc(CN(C)CC(F)(F)F)nc1. The number of hydrogen-bond acceptors (Lipinski definition) is 3. The zero-order valence-corrected chi connectivity index (χ0v) is 10.6. The molecule has 0 aliphatic heterocycles. The van der Waals surface area contributed by atoms with Crippen LogP contribution in [0.3, 0.4) is 0 Å². The molecule has 0 fully saturated rings. The van der Waals surface area contributed by atoms with Crippen LogP contribution >= 0.6 is 0 Å². The maximum Gasteiger partial charge on any atom is 0.401 e. The zero-order chi connectivity index (χ0) is 13.6. The van der Waals surface area contributed by atoms with Gasteiger partial charge in [-0.15, -0.1) is 0 Å². The van der Waals surface area contributed by atoms with E-state index in [2.05, 4.69) is 10.3 Å². The maximum absolute atomic E-state index is 12.1. The lowest BCUT2D eigenvalue weighted by molar-refractivity contribution is -0.144. The number of rotatable bonds is 6. The summed E-state index contributed by atoms with van der Waals surface area (Å²) in [6, 6.07) is 3.64. The number of hydrogen-bond donors (Lipinski definition) is 1. The van der Waals surface area contributed by atoms with Gasteiger partial charge in [-0.05, 0) is 25.2 Å². The van der Waals surface area contributed by atoms with Crippen LogP contribution in [0.15, 0.2) is 18.3 Å². The van der Waals surface area contributed by atoms with Crippen LogP contribution in [-0.2, 0) is 13.1 Å². The number of nitrogens with one attached hydrogen (secondary N) is 1. The predicted octanol–water partition coefficient (Wildman–Crippen LogP) is 2.19. The standard InChI is InChI=1S/C12H18F3N3/c1-3-16-6-10-4-5-11(17-7-10)8-18(2)9-12(13,14)15/h4-5,7,16H,3,6,8-9H2,1-2H3. The Morgan fingerprint density at radius 1 is 1.33 bits per heavy atom. The van der Waals surface area contributed by atoms with Crippen molar-refractivity contribution < 1.29 is 13.2 Å². The lowest BCUT2D eigenvalue weighted by Crippen LogP contribution is -2.30. The average Bonchev–Trinajstić information content (AvgIpc) is 2.25. The van der Waals surface area contributed by atoms with Gasteiger partial charge in [0.15, 0.2) is 0 Å². The molecule has 0 spiro atoms. The van der Waals surface area contributed by atoms with Crippen molar-refractivity contribution in [1.29, 1.82) is 0 Å². The van der Waals surface area contributed by atoms with Gasteiger partial charge in [0, 0.05) is 19.3 Å². The van der Waals surface area contributed by atoms with E-state index >= 15 is 0 Å². The molecule has 1 aromatic heterocycles. The van der Waals surface area contributed by atoms with Crippen molar-refractivity contribution in [1.82, 2.24) is 15.2 Å². The lowest BCUT2D eigenvalue weighted by Gasteiger charge is -2.18. The van der Waals surface area contributed by atoms with Gasteiger partial charge in [-0.3, -0.25) is 9.88 Å². The molecule has 0 atom stereocenters. The van der Waals surface area contributed by atoms with E-state index in [1.54, 1.807) is 12.3 Å². The first-order valence-electron chi connectivity index (χ1n) is 5.80. The summed E-state index contributed by atoms with van der Waals surface area (Å²) in [5.41, 5.74) is 1.67. The fraction of sp³-hybridized carbons (Fsp3) is 0.583. The van der Waals surface area contributed by atoms with Crippen LogP contribution in [0, 0.1) is 0 Å². The molecule has 6 heteroatoms. The van der Waals surface area contributed by atoms with Gasteiger partial charge in [-0.2, -0.15) is 13.2 Å². The van der Waals surface area contributed by atoms with Crippen LogP contribution in [0.5, 0.6) is 0 Å². The van der Waals surface area contributed by atoms with Crippen LogP contribution < -0.4 is 5.32 Å². The summed E-state index contributed by atoms with van der Waals surface area (Å²) >= 11 is 0. The maximum atomic E-state index is 12.1. The quantitative estimate of drug-likeness (QED) is 0.850. The number of alkyl halides is 3. The monoisotopic (exact) mass is 261 g/mol. The predicted molar refractivity (Wildman–Crippen MR) is 64.0 cm³/mol. The van der Waals surface area contributed by atoms with E-state index in [9.17, 15) is 13.2 Å². The number of halogens is 3. The van der Waals surface area contributed by atoms with Gasteiger partial charge in [0.25, 0.3) is 0 Å². The lowest BCUT2D eigenvalue weighted by atomic mass is 10.2. The highest BCUT2D eigenvalue weighted by Gasteiger charge is 2.29. The van der Waals surface area contributed by atoms with Crippen molar-refractivity contribution >= 4 is 0 Å². The van der Waals surface area contributed by atoms with Gasteiger partial charge in [0.2, 0.25) is 0 Å². The fourth-order valence-electron chi connectivity index (χ4n) is 1.56. The Hall–Kier alpha value is -1.14. The van der Waals surface area contributed by atoms with Gasteiger partial charge in [0.05, 0.1) is 12.2 Å². The molecule has 102 valence electrons. The summed E-state index contributed by atoms with van der Waals surface area (Å²) in [5, 5.41) is 3.16. The molecule has 0 unspecified atom stereocenters. The summed E-state index contributed by atoms with van der Waals surface area (Å²) < 4.78 is 36.4. The molecule has 18 heavy (non-hydrogen) atoms. The summed E-state index contributed by atoms with van der Waals surface area (Å²) in [7, 11) is 1.43. The van der Waals surface area contributed by atoms with Crippen molar-refractivity contribution in [2.45, 2.75) is 26.2 Å². The van der Waals surface area contributed by atoms with Gasteiger partial charge in [0.1, 0.15) is 0 Å². The third kappa shape index (κ3) is 5.97. The molecular weight excluding hydrogens is 243 g/mol. The molecule has 1 aromatic rings. The highest BCUT2D eigenvalue weighted by Crippen LogP contribution is 2.16. The molecule has 1 heterocycles. The summed E-state index contributed by atoms with van der Waals surface area (Å²) in [6.07, 6.45) is -2.47. The van der Waals surface area contributed by atoms with Crippen LogP contribution in [0.1, 0.15) is 18.2 Å². The Morgan fingerprint density at radius 2 is 2.06 bits per heavy atom. The molecule has 0 radical (unpaired) electrons. The van der Waals surface area contributed by atoms with Crippen LogP contribution in [-0.4, -0.2) is 36.2 Å². The normalized spacial score (nSPS) is 12.1. The Morgan fingerprint density at radius 3 is 2.56 bits per heavy atom. The van der Waals surface area contributed by atoms with E-state index in [0.717, 1.165) is 18.7 Å². The molecule has 3 nitrogen and oxygen atoms in total. The van der Waals surface area contributed by atoms with E-state index < -0.39 is 12.7 Å². The Labute approximate surface area is 105 Å². The van der Waals surface area contributed by atoms with Crippen LogP contribution in [0.2, 0.25) is 0 Å². The van der Waals surface area contributed by atoms with Gasteiger partial charge >= 0.3 is 6.18 Å². The smallest absolute Gasteiger partial charge is 0.313 e. The molecule has 0 amide bonds. The van der Waals surface area contributed by atoms with Gasteiger partial charge in [-0.1, -0.05) is 13.0 Å². The van der Waals surface area contributed by atoms with E-state index in [1.807, 2.05) is 13.0 Å². The van der Waals surface area contributed by atoms with Crippen molar-refractivity contribution in [3.05, 3.63) is 29.6 Å². The van der Waals surface area contributed by atoms with Crippen LogP contribution in [0.25, 0.3) is 0 Å². The second-order valence-corrected chi connectivity index (χ2v) is 4.23. The van der Waals surface area contributed by atoms with Crippen molar-refractivity contribution in [2.75, 3.05) is 20.1 Å². The first kappa shape index (κ1) is 14.9. The van der Waals surface area contributed by atoms with Crippen molar-refractivity contribution in [3.8, 4) is 0 Å². The van der Waals surface area contributed by atoms with Crippen LogP contribution in [0.4, 0.5) is 13.2 Å². The molecule has 0 bridgehead atoms. The topological polar surface area (TPSA) is 28.2 Å². The van der Waals surface area contributed by atoms with Gasteiger partial charge < -0.3 is 5.32 Å². The molecule has 1 N–H and O–H groups in total. The Balaban J connectivity index is 2.48. The fourth-order valence-corrected chi connectivity index (χ4v) is 1.56. The van der Waals surface area contributed by atoms with Crippen molar-refractivity contribution in [3.63, 3.8) is 0 Å². The third-order valence-corrected chi connectivity index (χ3v) is 2.35. The minimum Gasteiger partial charge on any atom is -0.313 e. The Kier molecular flexibility index (Phi) is 5.55. The summed E-state index contributed by atoms with van der Waals surface area (Å²) in [5.74, 6) is 0. The largest absolute Gasteiger partial charge is 0.401 e. The minimum absolute atomic E-state index is 0.195. The second-order valence-electron chi connectivity index (χ2n) is 4.23. The second kappa shape index (κ2) is 6.70. The molecule has 0 aliphatic carbocycles. The minimum atomic E-state index is -4.17. The van der Waals surface area contributed by atoms with Gasteiger partial charge in [-0.25, -0.2) is 0 Å². The Bertz CT molecular complexity index is 349. The number of aromatic nitrogens is 1. The summed E-state index contributed by atoms with van der Waals surface area (Å²) in [4.78, 5) is 5.35. The molecule has 0 saturated carbocycles. The third-order valence-electron chi connectivity index (χ3n) is 2.35. The van der Waals surface area contributed by atoms with E-state index in [1.165, 1.54) is 11.9 Å².